The number of amides is 1. The Morgan fingerprint density at radius 3 is 2.69 bits per heavy atom. The second kappa shape index (κ2) is 8.44. The zero-order chi connectivity index (χ0) is 18.4. The number of rotatable bonds is 7. The Hall–Kier alpha value is -2.93. The van der Waals surface area contributed by atoms with E-state index >= 15 is 0 Å². The smallest absolute Gasteiger partial charge is 0.234 e. The van der Waals surface area contributed by atoms with Crippen molar-refractivity contribution in [1.82, 2.24) is 9.66 Å². The number of thioether (sulfide) groups is 1. The number of nitrogen functional groups attached to an aromatic ring is 1. The van der Waals surface area contributed by atoms with Gasteiger partial charge in [-0.2, -0.15) is 0 Å². The van der Waals surface area contributed by atoms with Gasteiger partial charge in [0.2, 0.25) is 5.91 Å². The number of carbonyl (C=O) groups is 1. The third kappa shape index (κ3) is 4.37. The number of hydrogen-bond donors (Lipinski definition) is 2. The van der Waals surface area contributed by atoms with Crippen molar-refractivity contribution in [3.05, 3.63) is 60.8 Å². The fraction of sp³-hybridized carbons (Fsp3) is 0.158. The van der Waals surface area contributed by atoms with Crippen molar-refractivity contribution in [2.45, 2.75) is 12.1 Å². The molecule has 0 saturated carbocycles. The zero-order valence-corrected chi connectivity index (χ0v) is 15.2. The highest BCUT2D eigenvalue weighted by Crippen LogP contribution is 2.25. The van der Waals surface area contributed by atoms with E-state index in [0.717, 1.165) is 11.3 Å². The third-order valence-electron chi connectivity index (χ3n) is 3.56. The van der Waals surface area contributed by atoms with Crippen molar-refractivity contribution in [2.75, 3.05) is 23.5 Å². The Labute approximate surface area is 156 Å². The first-order valence-corrected chi connectivity index (χ1v) is 9.20. The number of hydrogen-bond acceptors (Lipinski definition) is 5. The van der Waals surface area contributed by atoms with Gasteiger partial charge in [-0.3, -0.25) is 4.79 Å². The number of anilines is 1. The van der Waals surface area contributed by atoms with E-state index in [1.807, 2.05) is 61.5 Å². The number of aromatic nitrogens is 2. The molecule has 0 atom stereocenters. The molecule has 1 heterocycles. The molecule has 6 nitrogen and oxygen atoms in total. The summed E-state index contributed by atoms with van der Waals surface area (Å²) < 4.78 is 6.95. The van der Waals surface area contributed by atoms with E-state index < -0.39 is 0 Å². The van der Waals surface area contributed by atoms with Crippen LogP contribution in [0, 0.1) is 0 Å². The molecule has 0 unspecified atom stereocenters. The lowest BCUT2D eigenvalue weighted by Gasteiger charge is -2.10. The van der Waals surface area contributed by atoms with E-state index in [0.29, 0.717) is 23.2 Å². The predicted molar refractivity (Wildman–Crippen MR) is 105 cm³/mol. The summed E-state index contributed by atoms with van der Waals surface area (Å²) in [4.78, 5) is 16.8. The van der Waals surface area contributed by atoms with Gasteiger partial charge in [0.25, 0.3) is 0 Å². The molecule has 0 fully saturated rings. The molecule has 0 aliphatic heterocycles. The maximum absolute atomic E-state index is 12.3. The molecule has 134 valence electrons. The molecular formula is C19H20N4O2S. The first-order chi connectivity index (χ1) is 12.7. The summed E-state index contributed by atoms with van der Waals surface area (Å²) in [6.45, 7) is 2.44. The van der Waals surface area contributed by atoms with Crippen LogP contribution in [-0.4, -0.2) is 27.9 Å². The van der Waals surface area contributed by atoms with Gasteiger partial charge < -0.3 is 15.9 Å². The van der Waals surface area contributed by atoms with Crippen molar-refractivity contribution < 1.29 is 9.53 Å². The number of benzene rings is 2. The van der Waals surface area contributed by atoms with Gasteiger partial charge in [-0.05, 0) is 19.1 Å². The van der Waals surface area contributed by atoms with Crippen molar-refractivity contribution in [3.8, 4) is 17.0 Å². The van der Waals surface area contributed by atoms with Crippen molar-refractivity contribution in [2.24, 2.45) is 0 Å². The van der Waals surface area contributed by atoms with Crippen LogP contribution >= 0.6 is 11.8 Å². The Kier molecular flexibility index (Phi) is 5.80. The molecule has 1 amide bonds. The van der Waals surface area contributed by atoms with Crippen LogP contribution in [0.2, 0.25) is 0 Å². The quantitative estimate of drug-likeness (QED) is 0.493. The summed E-state index contributed by atoms with van der Waals surface area (Å²) in [6, 6.07) is 17.1. The van der Waals surface area contributed by atoms with Gasteiger partial charge in [0.15, 0.2) is 5.16 Å². The van der Waals surface area contributed by atoms with Crippen molar-refractivity contribution in [1.29, 1.82) is 0 Å². The predicted octanol–water partition coefficient (Wildman–Crippen LogP) is 3.39. The van der Waals surface area contributed by atoms with Crippen LogP contribution in [0.1, 0.15) is 6.92 Å². The molecule has 2 aromatic carbocycles. The molecule has 0 spiro atoms. The summed E-state index contributed by atoms with van der Waals surface area (Å²) >= 11 is 1.28. The lowest BCUT2D eigenvalue weighted by molar-refractivity contribution is -0.113. The maximum atomic E-state index is 12.3. The molecule has 7 heteroatoms. The molecule has 26 heavy (non-hydrogen) atoms. The summed E-state index contributed by atoms with van der Waals surface area (Å²) in [5.41, 5.74) is 2.41. The Bertz CT molecular complexity index is 880. The number of carbonyl (C=O) groups excluding carboxylic acids is 1. The molecule has 3 N–H and O–H groups in total. The van der Waals surface area contributed by atoms with Gasteiger partial charge in [-0.25, -0.2) is 9.66 Å². The molecule has 0 bridgehead atoms. The van der Waals surface area contributed by atoms with E-state index in [2.05, 4.69) is 10.3 Å². The number of para-hydroxylation sites is 2. The fourth-order valence-electron chi connectivity index (χ4n) is 2.40. The minimum absolute atomic E-state index is 0.147. The van der Waals surface area contributed by atoms with Gasteiger partial charge >= 0.3 is 0 Å². The van der Waals surface area contributed by atoms with Crippen LogP contribution in [0.5, 0.6) is 5.75 Å². The molecule has 0 saturated heterocycles. The van der Waals surface area contributed by atoms with E-state index in [1.54, 1.807) is 6.20 Å². The second-order valence-electron chi connectivity index (χ2n) is 5.45. The number of nitrogens with one attached hydrogen (secondary N) is 1. The van der Waals surface area contributed by atoms with E-state index in [-0.39, 0.29) is 11.7 Å². The topological polar surface area (TPSA) is 82.2 Å². The largest absolute Gasteiger partial charge is 0.492 e. The first-order valence-electron chi connectivity index (χ1n) is 8.21. The zero-order valence-electron chi connectivity index (χ0n) is 14.4. The second-order valence-corrected chi connectivity index (χ2v) is 6.39. The Morgan fingerprint density at radius 1 is 1.19 bits per heavy atom. The number of imidazole rings is 1. The average molecular weight is 368 g/mol. The summed E-state index contributed by atoms with van der Waals surface area (Å²) in [6.07, 6.45) is 1.75. The molecule has 0 aliphatic carbocycles. The molecular weight excluding hydrogens is 348 g/mol. The highest BCUT2D eigenvalue weighted by Gasteiger charge is 2.12. The molecule has 0 radical (unpaired) electrons. The number of nitrogens with zero attached hydrogens (tertiary/aromatic N) is 2. The van der Waals surface area contributed by atoms with E-state index in [1.165, 1.54) is 16.4 Å². The van der Waals surface area contributed by atoms with Gasteiger partial charge in [-0.1, -0.05) is 54.2 Å². The monoisotopic (exact) mass is 368 g/mol. The molecule has 3 rings (SSSR count). The molecule has 3 aromatic rings. The lowest BCUT2D eigenvalue weighted by atomic mass is 10.2. The van der Waals surface area contributed by atoms with Gasteiger partial charge in [0.05, 0.1) is 29.9 Å². The van der Waals surface area contributed by atoms with Crippen LogP contribution in [0.15, 0.2) is 66.0 Å². The number of nitrogens with two attached hydrogens (primary N) is 1. The van der Waals surface area contributed by atoms with Crippen LogP contribution in [-0.2, 0) is 4.79 Å². The van der Waals surface area contributed by atoms with Gasteiger partial charge in [0.1, 0.15) is 5.75 Å². The SMILES string of the molecule is CCOc1ccccc1NC(=O)CSc1nc(-c2ccccc2)cn1N. The maximum Gasteiger partial charge on any atom is 0.234 e. The van der Waals surface area contributed by atoms with Crippen molar-refractivity contribution >= 4 is 23.4 Å². The minimum Gasteiger partial charge on any atom is -0.492 e. The van der Waals surface area contributed by atoms with Crippen LogP contribution in [0.3, 0.4) is 0 Å². The minimum atomic E-state index is -0.147. The van der Waals surface area contributed by atoms with Gasteiger partial charge in [-0.15, -0.1) is 0 Å². The highest BCUT2D eigenvalue weighted by molar-refractivity contribution is 7.99. The highest BCUT2D eigenvalue weighted by atomic mass is 32.2. The first kappa shape index (κ1) is 17.9. The van der Waals surface area contributed by atoms with Crippen molar-refractivity contribution in [3.63, 3.8) is 0 Å². The number of ether oxygens (including phenoxy) is 1. The molecule has 1 aromatic heterocycles. The summed E-state index contributed by atoms with van der Waals surface area (Å²) in [5, 5.41) is 3.44. The lowest BCUT2D eigenvalue weighted by Crippen LogP contribution is -2.16. The standard InChI is InChI=1S/C19H20N4O2S/c1-2-25-17-11-7-6-10-15(17)21-18(24)13-26-19-22-16(12-23(19)20)14-8-4-3-5-9-14/h3-12H,2,13,20H2,1H3,(H,21,24). The normalized spacial score (nSPS) is 10.5. The van der Waals surface area contributed by atoms with Crippen LogP contribution in [0.25, 0.3) is 11.3 Å². The van der Waals surface area contributed by atoms with E-state index in [4.69, 9.17) is 10.6 Å². The Morgan fingerprint density at radius 2 is 1.92 bits per heavy atom. The third-order valence-corrected chi connectivity index (χ3v) is 4.53. The van der Waals surface area contributed by atoms with Crippen LogP contribution in [0.4, 0.5) is 5.69 Å². The Balaban J connectivity index is 1.63. The van der Waals surface area contributed by atoms with Gasteiger partial charge in [0, 0.05) is 5.56 Å². The fourth-order valence-corrected chi connectivity index (χ4v) is 3.10. The van der Waals surface area contributed by atoms with E-state index in [9.17, 15) is 4.79 Å². The summed E-state index contributed by atoms with van der Waals surface area (Å²) in [7, 11) is 0. The summed E-state index contributed by atoms with van der Waals surface area (Å²) in [5.74, 6) is 6.67. The molecule has 0 aliphatic rings. The van der Waals surface area contributed by atoms with Crippen LogP contribution < -0.4 is 15.9 Å². The average Bonchev–Trinajstić information content (AvgIpc) is 3.03.